The Balaban J connectivity index is 1.52. The minimum atomic E-state index is -0.436. The molecule has 6 atom stereocenters. The van der Waals surface area contributed by atoms with Crippen molar-refractivity contribution in [2.75, 3.05) is 13.7 Å². The molecule has 1 unspecified atom stereocenters. The van der Waals surface area contributed by atoms with Crippen molar-refractivity contribution in [1.82, 2.24) is 9.55 Å². The summed E-state index contributed by atoms with van der Waals surface area (Å²) in [6.07, 6.45) is 8.31. The monoisotopic (exact) mass is 376 g/mol. The Bertz CT molecular complexity index is 723. The van der Waals surface area contributed by atoms with E-state index in [0.29, 0.717) is 13.0 Å². The molecule has 2 saturated heterocycles. The van der Waals surface area contributed by atoms with Gasteiger partial charge in [0.05, 0.1) is 18.6 Å². The molecule has 7 heteroatoms. The number of allylic oxidation sites excluding steroid dienone is 1. The quantitative estimate of drug-likeness (QED) is 0.581. The summed E-state index contributed by atoms with van der Waals surface area (Å²) in [6, 6.07) is 0. The summed E-state index contributed by atoms with van der Waals surface area (Å²) in [5, 5.41) is 0. The van der Waals surface area contributed by atoms with Crippen LogP contribution in [-0.2, 0) is 18.9 Å². The summed E-state index contributed by atoms with van der Waals surface area (Å²) >= 11 is 0. The smallest absolute Gasteiger partial charge is 0.419 e. The van der Waals surface area contributed by atoms with Crippen molar-refractivity contribution in [3.63, 3.8) is 0 Å². The molecule has 0 radical (unpaired) electrons. The van der Waals surface area contributed by atoms with Gasteiger partial charge in [0, 0.05) is 19.5 Å². The van der Waals surface area contributed by atoms with Crippen molar-refractivity contribution in [3.05, 3.63) is 30.4 Å². The second kappa shape index (κ2) is 6.72. The Morgan fingerprint density at radius 3 is 2.81 bits per heavy atom. The van der Waals surface area contributed by atoms with E-state index in [9.17, 15) is 4.79 Å². The third-order valence-corrected chi connectivity index (χ3v) is 6.20. The Hall–Kier alpha value is -1.70. The Morgan fingerprint density at radius 2 is 2.22 bits per heavy atom. The van der Waals surface area contributed by atoms with Gasteiger partial charge in [-0.15, -0.1) is 0 Å². The van der Waals surface area contributed by atoms with Crippen LogP contribution >= 0.6 is 0 Å². The van der Waals surface area contributed by atoms with Crippen molar-refractivity contribution in [2.24, 2.45) is 5.92 Å². The van der Waals surface area contributed by atoms with Crippen LogP contribution in [0.4, 0.5) is 4.79 Å². The van der Waals surface area contributed by atoms with Gasteiger partial charge in [0.15, 0.2) is 0 Å². The summed E-state index contributed by atoms with van der Waals surface area (Å²) in [4.78, 5) is 16.3. The largest absolute Gasteiger partial charge is 0.443 e. The van der Waals surface area contributed by atoms with Crippen LogP contribution in [0.3, 0.4) is 0 Å². The number of rotatable bonds is 5. The number of aromatic nitrogens is 2. The molecule has 0 N–H and O–H groups in total. The lowest BCUT2D eigenvalue weighted by Crippen LogP contribution is -2.55. The molecule has 27 heavy (non-hydrogen) atoms. The summed E-state index contributed by atoms with van der Waals surface area (Å²) in [6.45, 7) is 7.04. The average Bonchev–Trinajstić information content (AvgIpc) is 3.46. The van der Waals surface area contributed by atoms with Crippen LogP contribution in [0.15, 0.2) is 30.4 Å². The van der Waals surface area contributed by atoms with Crippen molar-refractivity contribution in [3.8, 4) is 0 Å². The fourth-order valence-electron chi connectivity index (χ4n) is 4.63. The third kappa shape index (κ3) is 3.32. The van der Waals surface area contributed by atoms with Gasteiger partial charge < -0.3 is 18.9 Å². The van der Waals surface area contributed by atoms with Gasteiger partial charge in [0.25, 0.3) is 0 Å². The fraction of sp³-hybridized carbons (Fsp3) is 0.700. The summed E-state index contributed by atoms with van der Waals surface area (Å²) in [5.41, 5.74) is 0.736. The molecule has 7 nitrogen and oxygen atoms in total. The number of nitrogens with zero attached hydrogens (tertiary/aromatic N) is 2. The molecular formula is C20H28N2O5. The fourth-order valence-corrected chi connectivity index (χ4v) is 4.63. The molecule has 1 aromatic rings. The molecule has 0 bridgehead atoms. The number of hydrogen-bond acceptors (Lipinski definition) is 6. The van der Waals surface area contributed by atoms with Crippen LogP contribution in [0.1, 0.15) is 40.0 Å². The van der Waals surface area contributed by atoms with Gasteiger partial charge in [-0.25, -0.2) is 14.3 Å². The highest BCUT2D eigenvalue weighted by Gasteiger charge is 2.72. The number of epoxide rings is 2. The first kappa shape index (κ1) is 18.7. The highest BCUT2D eigenvalue weighted by atomic mass is 16.6. The molecule has 0 amide bonds. The number of hydrogen-bond donors (Lipinski definition) is 0. The van der Waals surface area contributed by atoms with Gasteiger partial charge in [-0.05, 0) is 40.0 Å². The molecule has 4 rings (SSSR count). The summed E-state index contributed by atoms with van der Waals surface area (Å²) in [7, 11) is 1.67. The van der Waals surface area contributed by atoms with Crippen molar-refractivity contribution < 1.29 is 23.7 Å². The second-order valence-corrected chi connectivity index (χ2v) is 8.27. The SMILES string of the molecule is CO[C@H]1[C@H](C2(C)O[C@@H]2CC=C(C)C)[C@]2(CC[C@H]1OC(=O)n1ccnc1)CO2. The van der Waals surface area contributed by atoms with E-state index < -0.39 is 6.09 Å². The van der Waals surface area contributed by atoms with E-state index in [1.165, 1.54) is 16.5 Å². The topological polar surface area (TPSA) is 78.4 Å². The molecule has 1 aliphatic carbocycles. The van der Waals surface area contributed by atoms with Crippen molar-refractivity contribution in [2.45, 2.75) is 69.5 Å². The normalized spacial score (nSPS) is 39.9. The van der Waals surface area contributed by atoms with Gasteiger partial charge in [-0.3, -0.25) is 0 Å². The van der Waals surface area contributed by atoms with Crippen molar-refractivity contribution >= 4 is 6.09 Å². The van der Waals surface area contributed by atoms with Gasteiger partial charge >= 0.3 is 6.09 Å². The van der Waals surface area contributed by atoms with Crippen LogP contribution in [0.5, 0.6) is 0 Å². The lowest BCUT2D eigenvalue weighted by molar-refractivity contribution is -0.117. The number of carbonyl (C=O) groups is 1. The van der Waals surface area contributed by atoms with E-state index in [1.807, 2.05) is 0 Å². The van der Waals surface area contributed by atoms with E-state index in [0.717, 1.165) is 12.8 Å². The lowest BCUT2D eigenvalue weighted by Gasteiger charge is -2.42. The highest BCUT2D eigenvalue weighted by Crippen LogP contribution is 2.59. The van der Waals surface area contributed by atoms with Crippen LogP contribution in [-0.4, -0.2) is 58.9 Å². The zero-order chi connectivity index (χ0) is 19.2. The lowest BCUT2D eigenvalue weighted by atomic mass is 9.68. The van der Waals surface area contributed by atoms with E-state index in [4.69, 9.17) is 18.9 Å². The minimum Gasteiger partial charge on any atom is -0.443 e. The zero-order valence-electron chi connectivity index (χ0n) is 16.4. The van der Waals surface area contributed by atoms with Gasteiger partial charge in [0.2, 0.25) is 0 Å². The van der Waals surface area contributed by atoms with E-state index in [-0.39, 0.29) is 35.4 Å². The van der Waals surface area contributed by atoms with E-state index >= 15 is 0 Å². The van der Waals surface area contributed by atoms with Gasteiger partial charge in [0.1, 0.15) is 29.7 Å². The van der Waals surface area contributed by atoms with Crippen LogP contribution in [0.2, 0.25) is 0 Å². The maximum atomic E-state index is 12.4. The molecule has 1 saturated carbocycles. The number of methoxy groups -OCH3 is 1. The molecule has 0 aromatic carbocycles. The van der Waals surface area contributed by atoms with E-state index in [1.54, 1.807) is 19.5 Å². The number of ether oxygens (including phenoxy) is 4. The average molecular weight is 376 g/mol. The molecule has 3 heterocycles. The molecule has 3 aliphatic rings. The maximum absolute atomic E-state index is 12.4. The standard InChI is InChI=1S/C20H28N2O5/c1-13(2)5-6-15-19(3,27-15)17-16(24-4)14(7-8-20(17)11-25-20)26-18(23)22-10-9-21-12-22/h5,9-10,12,14-17H,6-8,11H2,1-4H3/t14-,15-,16-,17-,19?,20+/m1/s1. The third-order valence-electron chi connectivity index (χ3n) is 6.20. The van der Waals surface area contributed by atoms with E-state index in [2.05, 4.69) is 31.8 Å². The van der Waals surface area contributed by atoms with Crippen LogP contribution in [0.25, 0.3) is 0 Å². The summed E-state index contributed by atoms with van der Waals surface area (Å²) < 4.78 is 25.1. The molecule has 148 valence electrons. The predicted octanol–water partition coefficient (Wildman–Crippen LogP) is 2.94. The predicted molar refractivity (Wildman–Crippen MR) is 97.4 cm³/mol. The first-order valence-corrected chi connectivity index (χ1v) is 9.56. The number of imidazole rings is 1. The van der Waals surface area contributed by atoms with Gasteiger partial charge in [-0.1, -0.05) is 11.6 Å². The minimum absolute atomic E-state index is 0.0277. The maximum Gasteiger partial charge on any atom is 0.419 e. The molecule has 1 aromatic heterocycles. The Morgan fingerprint density at radius 1 is 1.44 bits per heavy atom. The molecule has 2 aliphatic heterocycles. The van der Waals surface area contributed by atoms with Crippen LogP contribution in [0, 0.1) is 5.92 Å². The molecule has 1 spiro atoms. The second-order valence-electron chi connectivity index (χ2n) is 8.27. The van der Waals surface area contributed by atoms with Gasteiger partial charge in [-0.2, -0.15) is 0 Å². The first-order valence-electron chi connectivity index (χ1n) is 9.56. The highest BCUT2D eigenvalue weighted by molar-refractivity contribution is 5.70. The molecular weight excluding hydrogens is 348 g/mol. The Kier molecular flexibility index (Phi) is 4.64. The molecule has 3 fully saturated rings. The first-order chi connectivity index (χ1) is 12.9. The zero-order valence-corrected chi connectivity index (χ0v) is 16.4. The summed E-state index contributed by atoms with van der Waals surface area (Å²) in [5.74, 6) is 0.0277. The van der Waals surface area contributed by atoms with Crippen LogP contribution < -0.4 is 0 Å². The number of carbonyl (C=O) groups excluding carboxylic acids is 1. The Labute approximate surface area is 159 Å². The van der Waals surface area contributed by atoms with Crippen molar-refractivity contribution in [1.29, 1.82) is 0 Å².